The molecule has 0 aromatic heterocycles. The number of hydrogen-bond donors (Lipinski definition) is 0. The Labute approximate surface area is 83.7 Å². The largest absolute Gasteiger partial charge is 0.164 e. The van der Waals surface area contributed by atoms with E-state index in [2.05, 4.69) is 38.1 Å². The predicted octanol–water partition coefficient (Wildman–Crippen LogP) is 3.22. The maximum absolute atomic E-state index is 2.28. The van der Waals surface area contributed by atoms with Crippen LogP contribution in [0.25, 0.3) is 0 Å². The van der Waals surface area contributed by atoms with Crippen LogP contribution >= 0.6 is 35.3 Å². The van der Waals surface area contributed by atoms with Gasteiger partial charge in [0.2, 0.25) is 0 Å². The van der Waals surface area contributed by atoms with Crippen LogP contribution in [-0.2, 0) is 0 Å². The summed E-state index contributed by atoms with van der Waals surface area (Å²) in [4.78, 5) is 0. The quantitative estimate of drug-likeness (QED) is 0.661. The molecule has 11 heavy (non-hydrogen) atoms. The molecular formula is C8H18S3. The zero-order valence-corrected chi connectivity index (χ0v) is 10.2. The van der Waals surface area contributed by atoms with Crippen LogP contribution in [0.15, 0.2) is 0 Å². The summed E-state index contributed by atoms with van der Waals surface area (Å²) in [6, 6.07) is 0. The van der Waals surface area contributed by atoms with Crippen molar-refractivity contribution in [3.8, 4) is 0 Å². The topological polar surface area (TPSA) is 0 Å². The Hall–Kier alpha value is 1.05. The molecule has 0 nitrogen and oxygen atoms in total. The maximum atomic E-state index is 2.28. The molecular weight excluding hydrogens is 192 g/mol. The Balaban J connectivity index is 3.50. The van der Waals surface area contributed by atoms with Crippen molar-refractivity contribution < 1.29 is 0 Å². The molecule has 0 atom stereocenters. The van der Waals surface area contributed by atoms with Gasteiger partial charge in [-0.3, -0.25) is 0 Å². The average Bonchev–Trinajstić information content (AvgIpc) is 1.87. The molecule has 0 radical (unpaired) electrons. The third kappa shape index (κ3) is 7.41. The van der Waals surface area contributed by atoms with Crippen LogP contribution in [0, 0.1) is 0 Å². The Morgan fingerprint density at radius 1 is 1.00 bits per heavy atom. The van der Waals surface area contributed by atoms with E-state index < -0.39 is 0 Å². The molecule has 0 amide bonds. The second-order valence-corrected chi connectivity index (χ2v) is 6.42. The van der Waals surface area contributed by atoms with Gasteiger partial charge in [-0.05, 0) is 17.8 Å². The summed E-state index contributed by atoms with van der Waals surface area (Å²) in [7, 11) is 0. The average molecular weight is 210 g/mol. The van der Waals surface area contributed by atoms with Crippen molar-refractivity contribution in [3.63, 3.8) is 0 Å². The van der Waals surface area contributed by atoms with Gasteiger partial charge in [0.1, 0.15) is 0 Å². The molecule has 0 aliphatic rings. The fraction of sp³-hybridized carbons (Fsp3) is 1.00. The first-order chi connectivity index (χ1) is 5.20. The molecule has 0 fully saturated rings. The van der Waals surface area contributed by atoms with Crippen LogP contribution in [0.3, 0.4) is 0 Å². The second-order valence-electron chi connectivity index (χ2n) is 2.72. The molecule has 68 valence electrons. The van der Waals surface area contributed by atoms with Gasteiger partial charge in [-0.25, -0.2) is 0 Å². The van der Waals surface area contributed by atoms with E-state index in [1.807, 2.05) is 23.5 Å². The lowest BCUT2D eigenvalue weighted by molar-refractivity contribution is 1.07. The first-order valence-corrected chi connectivity index (χ1v) is 7.57. The highest BCUT2D eigenvalue weighted by molar-refractivity contribution is 8.05. The summed E-state index contributed by atoms with van der Waals surface area (Å²) < 4.78 is 0. The van der Waals surface area contributed by atoms with Crippen molar-refractivity contribution in [2.45, 2.75) is 24.3 Å². The minimum absolute atomic E-state index is 0.777. The van der Waals surface area contributed by atoms with Crippen molar-refractivity contribution in [3.05, 3.63) is 0 Å². The van der Waals surface area contributed by atoms with Crippen molar-refractivity contribution >= 4 is 35.3 Å². The maximum Gasteiger partial charge on any atom is 0.0231 e. The van der Waals surface area contributed by atoms with Crippen LogP contribution in [-0.4, -0.2) is 34.5 Å². The first kappa shape index (κ1) is 12.0. The zero-order valence-electron chi connectivity index (χ0n) is 7.79. The third-order valence-electron chi connectivity index (χ3n) is 1.17. The summed E-state index contributed by atoms with van der Waals surface area (Å²) in [5.74, 6) is 2.59. The lowest BCUT2D eigenvalue weighted by atomic mass is 10.5. The van der Waals surface area contributed by atoms with Crippen LogP contribution in [0.5, 0.6) is 0 Å². The molecule has 3 heteroatoms. The normalized spacial score (nSPS) is 11.5. The molecule has 0 bridgehead atoms. The Morgan fingerprint density at radius 3 is 1.73 bits per heavy atom. The zero-order chi connectivity index (χ0) is 8.69. The van der Waals surface area contributed by atoms with E-state index in [9.17, 15) is 0 Å². The first-order valence-electron chi connectivity index (χ1n) is 3.84. The van der Waals surface area contributed by atoms with E-state index in [1.54, 1.807) is 0 Å². The van der Waals surface area contributed by atoms with E-state index in [0.29, 0.717) is 0 Å². The highest BCUT2D eigenvalue weighted by atomic mass is 32.2. The summed E-state index contributed by atoms with van der Waals surface area (Å²) in [6.45, 7) is 4.55. The monoisotopic (exact) mass is 210 g/mol. The minimum atomic E-state index is 0.777. The SMILES string of the molecule is CSCC(CSC)SC(C)C. The van der Waals surface area contributed by atoms with Gasteiger partial charge in [0.15, 0.2) is 0 Å². The van der Waals surface area contributed by atoms with E-state index in [0.717, 1.165) is 10.5 Å². The molecule has 0 unspecified atom stereocenters. The fourth-order valence-corrected chi connectivity index (χ4v) is 4.23. The molecule has 0 spiro atoms. The number of thioether (sulfide) groups is 3. The Kier molecular flexibility index (Phi) is 8.42. The molecule has 0 aliphatic carbocycles. The van der Waals surface area contributed by atoms with Gasteiger partial charge in [-0.2, -0.15) is 35.3 Å². The van der Waals surface area contributed by atoms with Gasteiger partial charge in [-0.1, -0.05) is 13.8 Å². The summed E-state index contributed by atoms with van der Waals surface area (Å²) in [5.41, 5.74) is 0. The van der Waals surface area contributed by atoms with Crippen LogP contribution in [0.4, 0.5) is 0 Å². The second kappa shape index (κ2) is 7.69. The van der Waals surface area contributed by atoms with Crippen LogP contribution in [0.2, 0.25) is 0 Å². The Morgan fingerprint density at radius 2 is 1.45 bits per heavy atom. The number of hydrogen-bond acceptors (Lipinski definition) is 3. The van der Waals surface area contributed by atoms with E-state index >= 15 is 0 Å². The smallest absolute Gasteiger partial charge is 0.0231 e. The van der Waals surface area contributed by atoms with Crippen molar-refractivity contribution in [2.75, 3.05) is 24.0 Å². The number of rotatable bonds is 6. The highest BCUT2D eigenvalue weighted by Crippen LogP contribution is 2.22. The third-order valence-corrected chi connectivity index (χ3v) is 4.33. The molecule has 0 saturated heterocycles. The molecule has 0 N–H and O–H groups in total. The van der Waals surface area contributed by atoms with Gasteiger partial charge >= 0.3 is 0 Å². The van der Waals surface area contributed by atoms with Crippen molar-refractivity contribution in [1.29, 1.82) is 0 Å². The standard InChI is InChI=1S/C8H18S3/c1-7(2)11-8(5-9-3)6-10-4/h7-8H,5-6H2,1-4H3. The van der Waals surface area contributed by atoms with Gasteiger partial charge < -0.3 is 0 Å². The van der Waals surface area contributed by atoms with E-state index in [1.165, 1.54) is 11.5 Å². The Bertz CT molecular complexity index is 77.4. The molecule has 0 saturated carbocycles. The highest BCUT2D eigenvalue weighted by Gasteiger charge is 2.09. The van der Waals surface area contributed by atoms with E-state index in [-0.39, 0.29) is 0 Å². The predicted molar refractivity (Wildman–Crippen MR) is 63.3 cm³/mol. The molecule has 0 aromatic carbocycles. The van der Waals surface area contributed by atoms with Gasteiger partial charge in [0.25, 0.3) is 0 Å². The minimum Gasteiger partial charge on any atom is -0.164 e. The molecule has 0 rings (SSSR count). The summed E-state index contributed by atoms with van der Waals surface area (Å²) >= 11 is 6.02. The van der Waals surface area contributed by atoms with Crippen molar-refractivity contribution in [2.24, 2.45) is 0 Å². The van der Waals surface area contributed by atoms with Gasteiger partial charge in [0, 0.05) is 16.8 Å². The molecule has 0 heterocycles. The lowest BCUT2D eigenvalue weighted by Crippen LogP contribution is -2.12. The van der Waals surface area contributed by atoms with Crippen LogP contribution in [0.1, 0.15) is 13.8 Å². The molecule has 0 aromatic rings. The fourth-order valence-electron chi connectivity index (χ4n) is 0.883. The van der Waals surface area contributed by atoms with Gasteiger partial charge in [0.05, 0.1) is 0 Å². The summed E-state index contributed by atoms with van der Waals surface area (Å²) in [5, 5.41) is 1.62. The van der Waals surface area contributed by atoms with E-state index in [4.69, 9.17) is 0 Å². The molecule has 0 aliphatic heterocycles. The summed E-state index contributed by atoms with van der Waals surface area (Å²) in [6.07, 6.45) is 4.38. The van der Waals surface area contributed by atoms with Crippen LogP contribution < -0.4 is 0 Å². The lowest BCUT2D eigenvalue weighted by Gasteiger charge is -2.16. The van der Waals surface area contributed by atoms with Crippen molar-refractivity contribution in [1.82, 2.24) is 0 Å². The van der Waals surface area contributed by atoms with Gasteiger partial charge in [-0.15, -0.1) is 0 Å².